The Bertz CT molecular complexity index is 469. The van der Waals surface area contributed by atoms with E-state index in [1.54, 1.807) is 20.8 Å². The van der Waals surface area contributed by atoms with Gasteiger partial charge in [0.05, 0.1) is 0 Å². The van der Waals surface area contributed by atoms with Gasteiger partial charge in [0.15, 0.2) is 0 Å². The molecule has 4 atom stereocenters. The molecule has 6 nitrogen and oxygen atoms in total. The van der Waals surface area contributed by atoms with E-state index in [2.05, 4.69) is 26.1 Å². The Morgan fingerprint density at radius 1 is 1.24 bits per heavy atom. The lowest BCUT2D eigenvalue weighted by Gasteiger charge is -2.37. The lowest BCUT2D eigenvalue weighted by Crippen LogP contribution is -2.47. The van der Waals surface area contributed by atoms with Gasteiger partial charge in [0.1, 0.15) is 24.0 Å². The molecule has 0 heterocycles. The molecule has 144 valence electrons. The molecule has 25 heavy (non-hydrogen) atoms. The van der Waals surface area contributed by atoms with Crippen molar-refractivity contribution in [1.82, 2.24) is 5.32 Å². The van der Waals surface area contributed by atoms with Crippen LogP contribution >= 0.6 is 0 Å². The summed E-state index contributed by atoms with van der Waals surface area (Å²) in [6.45, 7) is 11.6. The fourth-order valence-corrected chi connectivity index (χ4v) is 3.24. The van der Waals surface area contributed by atoms with Gasteiger partial charge in [-0.3, -0.25) is 0 Å². The topological polar surface area (TPSA) is 81.7 Å². The minimum Gasteiger partial charge on any atom is -0.461 e. The number of carbonyl (C=O) groups is 3. The summed E-state index contributed by atoms with van der Waals surface area (Å²) in [7, 11) is 0. The van der Waals surface area contributed by atoms with Crippen molar-refractivity contribution in [1.29, 1.82) is 0 Å². The number of hydrogen-bond donors (Lipinski definition) is 1. The lowest BCUT2D eigenvalue weighted by atomic mass is 9.75. The van der Waals surface area contributed by atoms with E-state index in [1.165, 1.54) is 0 Å². The Kier molecular flexibility index (Phi) is 7.90. The molecule has 1 N–H and O–H groups in total. The molecule has 0 saturated heterocycles. The number of rotatable bonds is 6. The van der Waals surface area contributed by atoms with Crippen molar-refractivity contribution in [3.63, 3.8) is 0 Å². The van der Waals surface area contributed by atoms with E-state index >= 15 is 0 Å². The quantitative estimate of drug-likeness (QED) is 0.583. The van der Waals surface area contributed by atoms with Crippen molar-refractivity contribution in [2.24, 2.45) is 17.8 Å². The summed E-state index contributed by atoms with van der Waals surface area (Å²) in [5.41, 5.74) is -0.679. The molecule has 1 saturated carbocycles. The second-order valence-corrected chi connectivity index (χ2v) is 8.40. The molecule has 0 aromatic rings. The maximum atomic E-state index is 12.5. The minimum atomic E-state index is -1.02. The smallest absolute Gasteiger partial charge is 0.408 e. The molecule has 1 fully saturated rings. The van der Waals surface area contributed by atoms with Crippen LogP contribution in [0, 0.1) is 17.8 Å². The molecular weight excluding hydrogens is 322 g/mol. The van der Waals surface area contributed by atoms with Crippen molar-refractivity contribution in [2.45, 2.75) is 85.0 Å². The molecule has 0 radical (unpaired) electrons. The molecule has 1 aliphatic rings. The molecule has 1 amide bonds. The van der Waals surface area contributed by atoms with Crippen LogP contribution in [0.15, 0.2) is 0 Å². The Balaban J connectivity index is 2.73. The van der Waals surface area contributed by atoms with Gasteiger partial charge in [-0.2, -0.15) is 0 Å². The number of aldehydes is 1. The maximum Gasteiger partial charge on any atom is 0.408 e. The first-order valence-electron chi connectivity index (χ1n) is 9.17. The molecule has 1 aliphatic carbocycles. The van der Waals surface area contributed by atoms with Crippen molar-refractivity contribution in [2.75, 3.05) is 0 Å². The second kappa shape index (κ2) is 9.20. The zero-order valence-electron chi connectivity index (χ0n) is 16.3. The van der Waals surface area contributed by atoms with E-state index in [-0.39, 0.29) is 12.5 Å². The normalized spacial score (nSPS) is 25.2. The standard InChI is InChI=1S/C19H33NO5/c1-12(2)14-8-7-13(3)11-16(14)24-17(22)15(9-10-21)20-18(23)25-19(4,5)6/h10,12-16H,7-9,11H2,1-6H3,(H,20,23)/t13-,14?,15+,16-/m1/s1. The van der Waals surface area contributed by atoms with Gasteiger partial charge in [-0.25, -0.2) is 9.59 Å². The summed E-state index contributed by atoms with van der Waals surface area (Å²) < 4.78 is 10.9. The summed E-state index contributed by atoms with van der Waals surface area (Å²) >= 11 is 0. The van der Waals surface area contributed by atoms with Gasteiger partial charge in [0.2, 0.25) is 0 Å². The third-order valence-corrected chi connectivity index (χ3v) is 4.54. The largest absolute Gasteiger partial charge is 0.461 e. The molecule has 0 aromatic carbocycles. The van der Waals surface area contributed by atoms with Crippen molar-refractivity contribution >= 4 is 18.3 Å². The van der Waals surface area contributed by atoms with E-state index in [0.29, 0.717) is 24.0 Å². The Labute approximate surface area is 151 Å². The highest BCUT2D eigenvalue weighted by Crippen LogP contribution is 2.35. The number of esters is 1. The van der Waals surface area contributed by atoms with E-state index < -0.39 is 23.7 Å². The molecule has 0 aliphatic heterocycles. The highest BCUT2D eigenvalue weighted by atomic mass is 16.6. The van der Waals surface area contributed by atoms with Crippen molar-refractivity contribution in [3.05, 3.63) is 0 Å². The number of hydrogen-bond acceptors (Lipinski definition) is 5. The molecule has 0 spiro atoms. The third kappa shape index (κ3) is 7.45. The fraction of sp³-hybridized carbons (Fsp3) is 0.842. The zero-order valence-corrected chi connectivity index (χ0v) is 16.3. The molecule has 0 bridgehead atoms. The van der Waals surface area contributed by atoms with Crippen LogP contribution in [-0.2, 0) is 19.1 Å². The second-order valence-electron chi connectivity index (χ2n) is 8.40. The lowest BCUT2D eigenvalue weighted by molar-refractivity contribution is -0.159. The van der Waals surface area contributed by atoms with Crippen LogP contribution in [0.3, 0.4) is 0 Å². The molecule has 6 heteroatoms. The molecular formula is C19H33NO5. The average Bonchev–Trinajstić information content (AvgIpc) is 2.44. The summed E-state index contributed by atoms with van der Waals surface area (Å²) in [6, 6.07) is -1.02. The van der Waals surface area contributed by atoms with Crippen LogP contribution in [0.2, 0.25) is 0 Å². The SMILES string of the molecule is CC(C)C1CC[C@@H](C)C[C@H]1OC(=O)[C@H](CC=O)NC(=O)OC(C)(C)C. The Morgan fingerprint density at radius 3 is 2.40 bits per heavy atom. The van der Waals surface area contributed by atoms with Crippen LogP contribution in [0.1, 0.15) is 67.2 Å². The van der Waals surface area contributed by atoms with E-state index in [4.69, 9.17) is 9.47 Å². The first-order valence-corrected chi connectivity index (χ1v) is 9.17. The van der Waals surface area contributed by atoms with Crippen LogP contribution in [0.4, 0.5) is 4.79 Å². The highest BCUT2D eigenvalue weighted by molar-refractivity contribution is 5.83. The minimum absolute atomic E-state index is 0.132. The Hall–Kier alpha value is -1.59. The molecule has 1 rings (SSSR count). The maximum absolute atomic E-state index is 12.5. The summed E-state index contributed by atoms with van der Waals surface area (Å²) in [6.07, 6.45) is 2.54. The average molecular weight is 355 g/mol. The van der Waals surface area contributed by atoms with Crippen LogP contribution in [-0.4, -0.2) is 36.1 Å². The Morgan fingerprint density at radius 2 is 1.88 bits per heavy atom. The van der Waals surface area contributed by atoms with Gasteiger partial charge in [0.25, 0.3) is 0 Å². The predicted octanol–water partition coefficient (Wildman–Crippen LogP) is 3.47. The van der Waals surface area contributed by atoms with E-state index in [0.717, 1.165) is 19.3 Å². The van der Waals surface area contributed by atoms with Gasteiger partial charge in [-0.15, -0.1) is 0 Å². The van der Waals surface area contributed by atoms with Crippen LogP contribution in [0.5, 0.6) is 0 Å². The van der Waals surface area contributed by atoms with Crippen molar-refractivity contribution in [3.8, 4) is 0 Å². The molecule has 1 unspecified atom stereocenters. The number of nitrogens with one attached hydrogen (secondary N) is 1. The zero-order chi connectivity index (χ0) is 19.2. The third-order valence-electron chi connectivity index (χ3n) is 4.54. The van der Waals surface area contributed by atoms with E-state index in [9.17, 15) is 14.4 Å². The predicted molar refractivity (Wildman–Crippen MR) is 95.1 cm³/mol. The van der Waals surface area contributed by atoms with Gasteiger partial charge in [-0.05, 0) is 51.4 Å². The number of carbonyl (C=O) groups excluding carboxylic acids is 3. The summed E-state index contributed by atoms with van der Waals surface area (Å²) in [5, 5.41) is 2.45. The summed E-state index contributed by atoms with van der Waals surface area (Å²) in [4.78, 5) is 35.3. The van der Waals surface area contributed by atoms with Gasteiger partial charge < -0.3 is 19.6 Å². The first-order chi connectivity index (χ1) is 11.5. The van der Waals surface area contributed by atoms with Gasteiger partial charge in [0, 0.05) is 6.42 Å². The monoisotopic (exact) mass is 355 g/mol. The number of alkyl carbamates (subject to hydrolysis) is 1. The van der Waals surface area contributed by atoms with Gasteiger partial charge in [-0.1, -0.05) is 27.2 Å². The van der Waals surface area contributed by atoms with Crippen LogP contribution in [0.25, 0.3) is 0 Å². The highest BCUT2D eigenvalue weighted by Gasteiger charge is 2.35. The number of amides is 1. The van der Waals surface area contributed by atoms with E-state index in [1.807, 2.05) is 0 Å². The first kappa shape index (κ1) is 21.5. The van der Waals surface area contributed by atoms with Crippen molar-refractivity contribution < 1.29 is 23.9 Å². The number of ether oxygens (including phenoxy) is 2. The van der Waals surface area contributed by atoms with Gasteiger partial charge >= 0.3 is 12.1 Å². The van der Waals surface area contributed by atoms with Crippen LogP contribution < -0.4 is 5.32 Å². The summed E-state index contributed by atoms with van der Waals surface area (Å²) in [5.74, 6) is 0.644. The fourth-order valence-electron chi connectivity index (χ4n) is 3.24. The molecule has 0 aromatic heterocycles.